The fraction of sp³-hybridized carbons (Fsp3) is 0.636. The molecule has 156 valence electrons. The Balaban J connectivity index is 1.14. The Morgan fingerprint density at radius 3 is 2.52 bits per heavy atom. The van der Waals surface area contributed by atoms with Crippen LogP contribution < -0.4 is 4.90 Å². The summed E-state index contributed by atoms with van der Waals surface area (Å²) in [6, 6.07) is 8.46. The molecule has 4 aliphatic heterocycles. The van der Waals surface area contributed by atoms with Crippen LogP contribution in [0, 0.1) is 5.92 Å². The van der Waals surface area contributed by atoms with Crippen molar-refractivity contribution in [2.45, 2.75) is 37.5 Å². The van der Waals surface area contributed by atoms with E-state index in [9.17, 15) is 14.0 Å². The molecule has 0 aliphatic carbocycles. The van der Waals surface area contributed by atoms with Crippen molar-refractivity contribution in [1.82, 2.24) is 9.80 Å². The maximum absolute atomic E-state index is 13.4. The van der Waals surface area contributed by atoms with Crippen LogP contribution in [0.1, 0.15) is 30.7 Å². The van der Waals surface area contributed by atoms with E-state index in [1.807, 2.05) is 9.80 Å². The number of urea groups is 1. The topological polar surface area (TPSA) is 53.1 Å². The number of anilines is 1. The molecule has 29 heavy (non-hydrogen) atoms. The standard InChI is InChI=1S/C22H28FN3O3/c23-18-5-7-24(13-18)19-3-1-15(2-4-19)17-11-26(12-17)22(28)25-8-6-21-16(10-25)9-20(27)14-29-21/h1-4,16-18,21H,5-14H2/t16-,18?,21+/m1/s1. The Morgan fingerprint density at radius 1 is 1.00 bits per heavy atom. The molecule has 4 saturated heterocycles. The smallest absolute Gasteiger partial charge is 0.320 e. The van der Waals surface area contributed by atoms with Crippen LogP contribution in [-0.2, 0) is 9.53 Å². The highest BCUT2D eigenvalue weighted by atomic mass is 19.1. The van der Waals surface area contributed by atoms with E-state index in [-0.39, 0.29) is 30.4 Å². The number of hydrogen-bond donors (Lipinski definition) is 0. The molecule has 0 N–H and O–H groups in total. The van der Waals surface area contributed by atoms with Crippen molar-refractivity contribution in [3.05, 3.63) is 29.8 Å². The van der Waals surface area contributed by atoms with Gasteiger partial charge in [-0.3, -0.25) is 4.79 Å². The number of Topliss-reactive ketones (excluding diaryl/α,β-unsaturated/α-hetero) is 1. The predicted octanol–water partition coefficient (Wildman–Crippen LogP) is 2.43. The molecule has 0 aromatic heterocycles. The lowest BCUT2D eigenvalue weighted by Gasteiger charge is -2.46. The van der Waals surface area contributed by atoms with Gasteiger partial charge in [-0.25, -0.2) is 9.18 Å². The number of rotatable bonds is 2. The van der Waals surface area contributed by atoms with Crippen LogP contribution in [0.3, 0.4) is 0 Å². The molecule has 2 amide bonds. The number of benzene rings is 1. The zero-order valence-corrected chi connectivity index (χ0v) is 16.6. The van der Waals surface area contributed by atoms with Gasteiger partial charge in [0.05, 0.1) is 6.10 Å². The summed E-state index contributed by atoms with van der Waals surface area (Å²) in [7, 11) is 0. The van der Waals surface area contributed by atoms with Crippen molar-refractivity contribution < 1.29 is 18.7 Å². The van der Waals surface area contributed by atoms with E-state index in [2.05, 4.69) is 29.2 Å². The van der Waals surface area contributed by atoms with Gasteiger partial charge in [-0.2, -0.15) is 0 Å². The second-order valence-corrected chi connectivity index (χ2v) is 8.90. The molecule has 1 aromatic rings. The van der Waals surface area contributed by atoms with Gasteiger partial charge in [-0.1, -0.05) is 12.1 Å². The predicted molar refractivity (Wildman–Crippen MR) is 107 cm³/mol. The van der Waals surface area contributed by atoms with Gasteiger partial charge in [-0.05, 0) is 30.5 Å². The Morgan fingerprint density at radius 2 is 1.79 bits per heavy atom. The van der Waals surface area contributed by atoms with E-state index in [1.54, 1.807) is 0 Å². The number of amides is 2. The first kappa shape index (κ1) is 18.9. The van der Waals surface area contributed by atoms with Gasteiger partial charge >= 0.3 is 6.03 Å². The molecule has 6 nitrogen and oxygen atoms in total. The number of nitrogens with zero attached hydrogens (tertiary/aromatic N) is 3. The first-order valence-corrected chi connectivity index (χ1v) is 10.7. The summed E-state index contributed by atoms with van der Waals surface area (Å²) in [4.78, 5) is 30.4. The zero-order valence-electron chi connectivity index (χ0n) is 16.6. The average Bonchev–Trinajstić information content (AvgIpc) is 3.13. The lowest BCUT2D eigenvalue weighted by Crippen LogP contribution is -2.58. The first-order chi connectivity index (χ1) is 14.1. The summed E-state index contributed by atoms with van der Waals surface area (Å²) in [6.07, 6.45) is 1.37. The van der Waals surface area contributed by atoms with Crippen LogP contribution in [0.15, 0.2) is 24.3 Å². The second-order valence-electron chi connectivity index (χ2n) is 8.90. The number of carbonyl (C=O) groups is 2. The van der Waals surface area contributed by atoms with Crippen molar-refractivity contribution in [1.29, 1.82) is 0 Å². The Bertz CT molecular complexity index is 780. The van der Waals surface area contributed by atoms with Gasteiger partial charge in [0.15, 0.2) is 5.78 Å². The van der Waals surface area contributed by atoms with Crippen molar-refractivity contribution >= 4 is 17.5 Å². The minimum atomic E-state index is -0.718. The summed E-state index contributed by atoms with van der Waals surface area (Å²) < 4.78 is 19.0. The van der Waals surface area contributed by atoms with Gasteiger partial charge in [0.1, 0.15) is 12.8 Å². The summed E-state index contributed by atoms with van der Waals surface area (Å²) in [5.74, 6) is 0.648. The molecule has 4 aliphatic rings. The maximum Gasteiger partial charge on any atom is 0.320 e. The lowest BCUT2D eigenvalue weighted by molar-refractivity contribution is -0.140. The number of piperidine rings is 1. The third-order valence-electron chi connectivity index (χ3n) is 6.90. The van der Waals surface area contributed by atoms with Crippen molar-refractivity contribution in [3.8, 4) is 0 Å². The molecular formula is C22H28FN3O3. The molecule has 4 heterocycles. The highest BCUT2D eigenvalue weighted by Crippen LogP contribution is 2.32. The normalized spacial score (nSPS) is 30.3. The lowest BCUT2D eigenvalue weighted by atomic mass is 9.87. The quantitative estimate of drug-likeness (QED) is 0.764. The average molecular weight is 401 g/mol. The SMILES string of the molecule is O=C1CO[C@H]2CCN(C(=O)N3CC(c4ccc(N5CCC(F)C5)cc4)C3)C[C@H]2C1. The van der Waals surface area contributed by atoms with E-state index in [0.29, 0.717) is 38.4 Å². The zero-order chi connectivity index (χ0) is 20.0. The van der Waals surface area contributed by atoms with Gasteiger partial charge in [0, 0.05) is 63.2 Å². The summed E-state index contributed by atoms with van der Waals surface area (Å²) in [5, 5.41) is 0. The number of ether oxygens (including phenoxy) is 1. The summed E-state index contributed by atoms with van der Waals surface area (Å²) in [5.41, 5.74) is 2.31. The Labute approximate surface area is 170 Å². The number of hydrogen-bond acceptors (Lipinski definition) is 4. The van der Waals surface area contributed by atoms with Crippen LogP contribution >= 0.6 is 0 Å². The van der Waals surface area contributed by atoms with Crippen molar-refractivity contribution in [2.75, 3.05) is 50.8 Å². The van der Waals surface area contributed by atoms with Crippen LogP contribution in [0.2, 0.25) is 0 Å². The number of likely N-dealkylation sites (tertiary alicyclic amines) is 2. The fourth-order valence-electron chi connectivity index (χ4n) is 5.11. The molecule has 0 bridgehead atoms. The van der Waals surface area contributed by atoms with Gasteiger partial charge in [0.2, 0.25) is 0 Å². The second kappa shape index (κ2) is 7.59. The van der Waals surface area contributed by atoms with Crippen LogP contribution in [0.5, 0.6) is 0 Å². The molecule has 3 atom stereocenters. The molecule has 0 spiro atoms. The summed E-state index contributed by atoms with van der Waals surface area (Å²) in [6.45, 7) is 4.28. The molecule has 0 radical (unpaired) electrons. The third kappa shape index (κ3) is 3.72. The first-order valence-electron chi connectivity index (χ1n) is 10.7. The molecule has 7 heteroatoms. The van der Waals surface area contributed by atoms with E-state index in [0.717, 1.165) is 31.7 Å². The van der Waals surface area contributed by atoms with Gasteiger partial charge in [0.25, 0.3) is 0 Å². The number of carbonyl (C=O) groups excluding carboxylic acids is 2. The maximum atomic E-state index is 13.4. The largest absolute Gasteiger partial charge is 0.370 e. The van der Waals surface area contributed by atoms with E-state index in [1.165, 1.54) is 5.56 Å². The molecule has 5 rings (SSSR count). The van der Waals surface area contributed by atoms with Crippen LogP contribution in [0.25, 0.3) is 0 Å². The van der Waals surface area contributed by atoms with Crippen molar-refractivity contribution in [2.24, 2.45) is 5.92 Å². The fourth-order valence-corrected chi connectivity index (χ4v) is 5.11. The van der Waals surface area contributed by atoms with E-state index >= 15 is 0 Å². The highest BCUT2D eigenvalue weighted by molar-refractivity contribution is 5.81. The molecule has 1 unspecified atom stereocenters. The number of ketones is 1. The van der Waals surface area contributed by atoms with Gasteiger partial charge in [-0.15, -0.1) is 0 Å². The highest BCUT2D eigenvalue weighted by Gasteiger charge is 2.40. The minimum Gasteiger partial charge on any atom is -0.370 e. The Hall–Kier alpha value is -2.15. The van der Waals surface area contributed by atoms with Crippen molar-refractivity contribution in [3.63, 3.8) is 0 Å². The van der Waals surface area contributed by atoms with Gasteiger partial charge < -0.3 is 19.4 Å². The van der Waals surface area contributed by atoms with Crippen LogP contribution in [-0.4, -0.2) is 79.8 Å². The molecule has 1 aromatic carbocycles. The molecule has 4 fully saturated rings. The minimum absolute atomic E-state index is 0.0837. The number of fused-ring (bicyclic) bond motifs is 1. The monoisotopic (exact) mass is 401 g/mol. The number of halogens is 1. The summed E-state index contributed by atoms with van der Waals surface area (Å²) >= 11 is 0. The molecular weight excluding hydrogens is 373 g/mol. The number of alkyl halides is 1. The Kier molecular flexibility index (Phi) is 4.94. The third-order valence-corrected chi connectivity index (χ3v) is 6.90. The molecule has 0 saturated carbocycles. The van der Waals surface area contributed by atoms with E-state index < -0.39 is 6.17 Å². The van der Waals surface area contributed by atoms with E-state index in [4.69, 9.17) is 4.74 Å². The van der Waals surface area contributed by atoms with Crippen LogP contribution in [0.4, 0.5) is 14.9 Å².